The summed E-state index contributed by atoms with van der Waals surface area (Å²) in [6, 6.07) is 33.1. The Hall–Kier alpha value is -7.35. The number of nitro groups is 1. The Labute approximate surface area is 327 Å². The molecular weight excluding hydrogens is 757 g/mol. The molecule has 56 heavy (non-hydrogen) atoms. The predicted molar refractivity (Wildman–Crippen MR) is 215 cm³/mol. The van der Waals surface area contributed by atoms with Crippen molar-refractivity contribution in [1.82, 2.24) is 5.43 Å². The Morgan fingerprint density at radius 3 is 1.82 bits per heavy atom. The Bertz CT molecular complexity index is 2830. The molecule has 15 heteroatoms. The number of hydrogen-bond acceptors (Lipinski definition) is 11. The number of rotatable bonds is 10. The molecule has 0 saturated heterocycles. The van der Waals surface area contributed by atoms with Gasteiger partial charge in [0.25, 0.3) is 11.6 Å². The highest BCUT2D eigenvalue weighted by molar-refractivity contribution is 6.34. The summed E-state index contributed by atoms with van der Waals surface area (Å²) in [6.07, 6.45) is 1.80. The number of nitrogens with one attached hydrogen (secondary N) is 1. The van der Waals surface area contributed by atoms with E-state index in [0.29, 0.717) is 50.2 Å². The molecule has 0 aliphatic heterocycles. The molecule has 0 fully saturated rings. The maximum absolute atomic E-state index is 13.1. The molecule has 0 spiro atoms. The molecule has 7 rings (SSSR count). The summed E-state index contributed by atoms with van der Waals surface area (Å²) in [6.45, 7) is 0. The molecule has 7 aromatic rings. The van der Waals surface area contributed by atoms with Crippen LogP contribution in [0.5, 0.6) is 11.5 Å². The van der Waals surface area contributed by atoms with Crippen molar-refractivity contribution in [2.24, 2.45) is 25.6 Å². The van der Waals surface area contributed by atoms with Gasteiger partial charge in [0.1, 0.15) is 22.7 Å². The number of aldehydes is 1. The normalized spacial score (nSPS) is 11.6. The highest BCUT2D eigenvalue weighted by Crippen LogP contribution is 2.42. The average molecular weight is 783 g/mol. The number of phenols is 2. The Morgan fingerprint density at radius 2 is 1.25 bits per heavy atom. The Kier molecular flexibility index (Phi) is 10.5. The van der Waals surface area contributed by atoms with Crippen LogP contribution in [0.4, 0.5) is 28.4 Å². The fraction of sp³-hybridized carbons (Fsp3) is 0. The lowest BCUT2D eigenvalue weighted by atomic mass is 10.0. The van der Waals surface area contributed by atoms with Gasteiger partial charge in [0.05, 0.1) is 32.3 Å². The zero-order chi connectivity index (χ0) is 39.3. The van der Waals surface area contributed by atoms with Crippen LogP contribution in [0.3, 0.4) is 0 Å². The minimum absolute atomic E-state index is 0.0202. The van der Waals surface area contributed by atoms with E-state index in [-0.39, 0.29) is 49.7 Å². The molecule has 0 bridgehead atoms. The van der Waals surface area contributed by atoms with Crippen LogP contribution in [0, 0.1) is 10.1 Å². The largest absolute Gasteiger partial charge is 0.505 e. The molecule has 0 aromatic heterocycles. The van der Waals surface area contributed by atoms with E-state index in [1.165, 1.54) is 30.5 Å². The van der Waals surface area contributed by atoms with Crippen molar-refractivity contribution in [3.8, 4) is 22.6 Å². The third kappa shape index (κ3) is 7.66. The number of benzene rings is 7. The van der Waals surface area contributed by atoms with Gasteiger partial charge >= 0.3 is 0 Å². The first-order valence-corrected chi connectivity index (χ1v) is 17.3. The molecule has 7 aromatic carbocycles. The van der Waals surface area contributed by atoms with Gasteiger partial charge in [-0.25, -0.2) is 5.43 Å². The second-order valence-corrected chi connectivity index (χ2v) is 12.9. The quantitative estimate of drug-likeness (QED) is 0.0406. The summed E-state index contributed by atoms with van der Waals surface area (Å²) in [5, 5.41) is 56.9. The van der Waals surface area contributed by atoms with Crippen molar-refractivity contribution in [3.05, 3.63) is 158 Å². The number of hydrazone groups is 1. The van der Waals surface area contributed by atoms with Crippen molar-refractivity contribution in [2.45, 2.75) is 0 Å². The van der Waals surface area contributed by atoms with Gasteiger partial charge in [-0.15, -0.1) is 20.5 Å². The standard InChI is InChI=1S/C41H25Cl2N7O6/c42-33-19-24(12-14-35(33)45-47-37-30-10-3-1-7-26(30)17-28(22-51)39(37)52)25-13-15-36(34(43)20-25)46-48-38-31-11-4-2-8-27(31)18-32(40(38)53)41(54)49-44-21-23-6-5-9-29(16-23)50(55)56/h1-22,52-53H,(H,49,54). The summed E-state index contributed by atoms with van der Waals surface area (Å²) >= 11 is 13.2. The van der Waals surface area contributed by atoms with Crippen molar-refractivity contribution < 1.29 is 24.7 Å². The lowest BCUT2D eigenvalue weighted by Crippen LogP contribution is -2.17. The summed E-state index contributed by atoms with van der Waals surface area (Å²) in [5.41, 5.74) is 4.70. The minimum atomic E-state index is -0.751. The van der Waals surface area contributed by atoms with Crippen LogP contribution in [0.25, 0.3) is 32.7 Å². The highest BCUT2D eigenvalue weighted by atomic mass is 35.5. The molecule has 13 nitrogen and oxygen atoms in total. The summed E-state index contributed by atoms with van der Waals surface area (Å²) in [5.74, 6) is -1.49. The summed E-state index contributed by atoms with van der Waals surface area (Å²) in [4.78, 5) is 35.2. The molecule has 0 saturated carbocycles. The van der Waals surface area contributed by atoms with Crippen LogP contribution in [-0.2, 0) is 0 Å². The Balaban J connectivity index is 1.12. The lowest BCUT2D eigenvalue weighted by molar-refractivity contribution is -0.384. The number of fused-ring (bicyclic) bond motifs is 2. The maximum atomic E-state index is 13.1. The van der Waals surface area contributed by atoms with E-state index in [1.807, 2.05) is 6.07 Å². The minimum Gasteiger partial charge on any atom is -0.505 e. The number of non-ortho nitro benzene ring substituents is 1. The van der Waals surface area contributed by atoms with Gasteiger partial charge in [-0.2, -0.15) is 5.10 Å². The van der Waals surface area contributed by atoms with Crippen LogP contribution < -0.4 is 5.43 Å². The van der Waals surface area contributed by atoms with Gasteiger partial charge in [0.2, 0.25) is 0 Å². The first-order chi connectivity index (χ1) is 27.1. The SMILES string of the molecule is O=Cc1cc2ccccc2c(N=Nc2ccc(-c3ccc(N=Nc4c(O)c(C(=O)NN=Cc5cccc([N+](=O)[O-])c5)cc5ccccc45)c(Cl)c3)cc2Cl)c1O. The fourth-order valence-corrected chi connectivity index (χ4v) is 6.25. The molecule has 0 radical (unpaired) electrons. The Morgan fingerprint density at radius 1 is 0.679 bits per heavy atom. The molecule has 0 heterocycles. The summed E-state index contributed by atoms with van der Waals surface area (Å²) in [7, 11) is 0. The smallest absolute Gasteiger partial charge is 0.275 e. The molecule has 1 amide bonds. The van der Waals surface area contributed by atoms with Crippen LogP contribution in [0.15, 0.2) is 147 Å². The van der Waals surface area contributed by atoms with E-state index in [1.54, 1.807) is 91.0 Å². The first-order valence-electron chi connectivity index (χ1n) is 16.6. The van der Waals surface area contributed by atoms with Crippen LogP contribution in [0.2, 0.25) is 10.0 Å². The second-order valence-electron chi connectivity index (χ2n) is 12.1. The van der Waals surface area contributed by atoms with Crippen molar-refractivity contribution in [1.29, 1.82) is 0 Å². The number of amides is 1. The van der Waals surface area contributed by atoms with E-state index in [0.717, 1.165) is 0 Å². The maximum Gasteiger partial charge on any atom is 0.275 e. The van der Waals surface area contributed by atoms with Crippen molar-refractivity contribution in [3.63, 3.8) is 0 Å². The number of carbonyl (C=O) groups is 2. The van der Waals surface area contributed by atoms with Crippen molar-refractivity contribution >= 4 is 91.6 Å². The number of nitrogens with zero attached hydrogens (tertiary/aromatic N) is 6. The molecular formula is C41H25Cl2N7O6. The third-order valence-corrected chi connectivity index (χ3v) is 9.20. The molecule has 3 N–H and O–H groups in total. The number of carbonyl (C=O) groups excluding carboxylic acids is 2. The third-order valence-electron chi connectivity index (χ3n) is 8.60. The van der Waals surface area contributed by atoms with E-state index in [2.05, 4.69) is 31.0 Å². The van der Waals surface area contributed by atoms with E-state index >= 15 is 0 Å². The zero-order valence-electron chi connectivity index (χ0n) is 28.7. The van der Waals surface area contributed by atoms with E-state index in [9.17, 15) is 29.9 Å². The zero-order valence-corrected chi connectivity index (χ0v) is 30.2. The van der Waals surface area contributed by atoms with E-state index in [4.69, 9.17) is 23.2 Å². The number of halogens is 2. The second kappa shape index (κ2) is 15.9. The van der Waals surface area contributed by atoms with Gasteiger partial charge < -0.3 is 10.2 Å². The van der Waals surface area contributed by atoms with Gasteiger partial charge in [0, 0.05) is 28.5 Å². The van der Waals surface area contributed by atoms with Crippen LogP contribution in [0.1, 0.15) is 26.3 Å². The summed E-state index contributed by atoms with van der Waals surface area (Å²) < 4.78 is 0. The van der Waals surface area contributed by atoms with Gasteiger partial charge in [-0.3, -0.25) is 19.7 Å². The molecule has 0 unspecified atom stereocenters. The molecule has 0 aliphatic carbocycles. The van der Waals surface area contributed by atoms with Gasteiger partial charge in [-0.05, 0) is 58.3 Å². The predicted octanol–water partition coefficient (Wildman–Crippen LogP) is 11.7. The van der Waals surface area contributed by atoms with E-state index < -0.39 is 16.6 Å². The van der Waals surface area contributed by atoms with Gasteiger partial charge in [-0.1, -0.05) is 96.0 Å². The highest BCUT2D eigenvalue weighted by Gasteiger charge is 2.19. The fourth-order valence-electron chi connectivity index (χ4n) is 5.81. The monoisotopic (exact) mass is 781 g/mol. The van der Waals surface area contributed by atoms with Gasteiger partial charge in [0.15, 0.2) is 17.8 Å². The lowest BCUT2D eigenvalue weighted by Gasteiger charge is -2.10. The average Bonchev–Trinajstić information content (AvgIpc) is 3.20. The molecule has 274 valence electrons. The number of nitro benzene ring substituents is 1. The number of phenolic OH excluding ortho intramolecular Hbond substituents is 2. The number of azo groups is 2. The number of hydrogen-bond donors (Lipinski definition) is 3. The molecule has 0 atom stereocenters. The molecule has 0 aliphatic rings. The van der Waals surface area contributed by atoms with Crippen LogP contribution >= 0.6 is 23.2 Å². The van der Waals surface area contributed by atoms with Crippen LogP contribution in [-0.4, -0.2) is 33.5 Å². The topological polar surface area (TPSA) is 192 Å². The first kappa shape index (κ1) is 37.0. The van der Waals surface area contributed by atoms with Crippen molar-refractivity contribution in [2.75, 3.05) is 0 Å². The number of aromatic hydroxyl groups is 2.